The summed E-state index contributed by atoms with van der Waals surface area (Å²) in [5.41, 5.74) is -0.603. The monoisotopic (exact) mass is 629 g/mol. The van der Waals surface area contributed by atoms with Crippen molar-refractivity contribution in [1.29, 1.82) is 0 Å². The number of piperidine rings is 1. The van der Waals surface area contributed by atoms with Crippen LogP contribution in [-0.4, -0.2) is 85.8 Å². The predicted octanol–water partition coefficient (Wildman–Crippen LogP) is 4.12. The summed E-state index contributed by atoms with van der Waals surface area (Å²) in [6, 6.07) is 13.2. The van der Waals surface area contributed by atoms with E-state index in [9.17, 15) is 24.6 Å². The van der Waals surface area contributed by atoms with E-state index in [1.165, 1.54) is 12.1 Å². The summed E-state index contributed by atoms with van der Waals surface area (Å²) in [5.74, 6) is -0.0978. The van der Waals surface area contributed by atoms with E-state index in [1.807, 2.05) is 24.3 Å². The average Bonchev–Trinajstić information content (AvgIpc) is 2.98. The number of carboxylic acid groups (broad SMARTS) is 1. The molecule has 1 saturated carbocycles. The van der Waals surface area contributed by atoms with E-state index in [0.717, 1.165) is 24.8 Å². The van der Waals surface area contributed by atoms with E-state index >= 15 is 0 Å². The Hall–Kier alpha value is -3.18. The van der Waals surface area contributed by atoms with Gasteiger partial charge in [0.15, 0.2) is 0 Å². The number of nitrogens with one attached hydrogen (secondary N) is 1. The van der Waals surface area contributed by atoms with Crippen LogP contribution in [0.4, 0.5) is 0 Å². The van der Waals surface area contributed by atoms with Crippen molar-refractivity contribution in [3.8, 4) is 11.5 Å². The first kappa shape index (κ1) is 33.7. The van der Waals surface area contributed by atoms with Crippen LogP contribution in [-0.2, 0) is 16.1 Å². The van der Waals surface area contributed by atoms with Crippen molar-refractivity contribution in [3.05, 3.63) is 59.7 Å². The van der Waals surface area contributed by atoms with Gasteiger partial charge in [0.25, 0.3) is 0 Å². The molecule has 0 aromatic heterocycles. The number of halogens is 1. The van der Waals surface area contributed by atoms with Crippen LogP contribution in [0.15, 0.2) is 48.5 Å². The van der Waals surface area contributed by atoms with Crippen molar-refractivity contribution >= 4 is 30.2 Å². The zero-order chi connectivity index (χ0) is 30.6. The molecule has 10 nitrogen and oxygen atoms in total. The molecule has 2 atom stereocenters. The van der Waals surface area contributed by atoms with Crippen LogP contribution in [0.3, 0.4) is 0 Å². The topological polar surface area (TPSA) is 140 Å². The highest BCUT2D eigenvalue weighted by Gasteiger charge is 2.54. The maximum Gasteiger partial charge on any atom is 0.335 e. The number of carbonyl (C=O) groups excluding carboxylic acids is 2. The van der Waals surface area contributed by atoms with Crippen molar-refractivity contribution in [3.63, 3.8) is 0 Å². The number of carboxylic acids is 1. The Morgan fingerprint density at radius 1 is 0.977 bits per heavy atom. The second-order valence-electron chi connectivity index (χ2n) is 12.5. The molecular weight excluding hydrogens is 586 g/mol. The SMILES string of the molecule is CC(O)CCN1C(=O)[C@@H](CC2(O)CCCCC2)NC(=O)C12CCN(Cc1ccc(Oc3ccc(C(=O)O)cc3)cc1)CC2.Cl. The third kappa shape index (κ3) is 7.72. The normalized spacial score (nSPS) is 22.2. The standard InChI is InChI=1S/C33H43N3O7.ClH/c1-23(37)13-18-36-29(38)28(21-32(42)14-3-2-4-15-32)34-31(41)33(36)16-19-35(20-17-33)22-24-5-9-26(10-6-24)43-27-11-7-25(8-12-27)30(39)40;/h5-12,23,28,37,42H,2-4,13-22H2,1H3,(H,34,41)(H,39,40);1H/t23?,28-;/m1./s1. The molecule has 2 aromatic rings. The number of aromatic carboxylic acids is 1. The molecule has 5 rings (SSSR count). The zero-order valence-electron chi connectivity index (χ0n) is 25.2. The van der Waals surface area contributed by atoms with Gasteiger partial charge in [-0.1, -0.05) is 31.4 Å². The second-order valence-corrected chi connectivity index (χ2v) is 12.5. The third-order valence-corrected chi connectivity index (χ3v) is 9.30. The van der Waals surface area contributed by atoms with E-state index in [-0.39, 0.29) is 36.2 Å². The van der Waals surface area contributed by atoms with Gasteiger partial charge in [-0.25, -0.2) is 4.79 Å². The van der Waals surface area contributed by atoms with Gasteiger partial charge in [-0.05, 0) is 81.0 Å². The van der Waals surface area contributed by atoms with Crippen molar-refractivity contribution in [2.75, 3.05) is 19.6 Å². The number of benzene rings is 2. The van der Waals surface area contributed by atoms with Crippen LogP contribution >= 0.6 is 12.4 Å². The molecule has 2 aromatic carbocycles. The molecule has 2 saturated heterocycles. The Labute approximate surface area is 264 Å². The fraction of sp³-hybridized carbons (Fsp3) is 0.545. The number of nitrogens with zero attached hydrogens (tertiary/aromatic N) is 2. The van der Waals surface area contributed by atoms with Crippen molar-refractivity contribution in [2.24, 2.45) is 0 Å². The summed E-state index contributed by atoms with van der Waals surface area (Å²) >= 11 is 0. The number of carbonyl (C=O) groups is 3. The van der Waals surface area contributed by atoms with Gasteiger partial charge in [-0.2, -0.15) is 0 Å². The van der Waals surface area contributed by atoms with Gasteiger partial charge in [-0.15, -0.1) is 12.4 Å². The molecule has 44 heavy (non-hydrogen) atoms. The number of likely N-dealkylation sites (tertiary alicyclic amines) is 1. The molecule has 4 N–H and O–H groups in total. The van der Waals surface area contributed by atoms with E-state index in [4.69, 9.17) is 9.84 Å². The van der Waals surface area contributed by atoms with Gasteiger partial charge in [0.1, 0.15) is 23.1 Å². The van der Waals surface area contributed by atoms with Crippen LogP contribution in [0.2, 0.25) is 0 Å². The first-order valence-electron chi connectivity index (χ1n) is 15.4. The van der Waals surface area contributed by atoms with E-state index < -0.39 is 29.3 Å². The number of aliphatic hydroxyl groups excluding tert-OH is 1. The maximum absolute atomic E-state index is 13.8. The van der Waals surface area contributed by atoms with Gasteiger partial charge in [0.05, 0.1) is 17.3 Å². The summed E-state index contributed by atoms with van der Waals surface area (Å²) in [7, 11) is 0. The number of piperazine rings is 1. The molecule has 1 unspecified atom stereocenters. The largest absolute Gasteiger partial charge is 0.478 e. The fourth-order valence-electron chi connectivity index (χ4n) is 6.75. The fourth-order valence-corrected chi connectivity index (χ4v) is 6.75. The second kappa shape index (κ2) is 14.3. The quantitative estimate of drug-likeness (QED) is 0.308. The van der Waals surface area contributed by atoms with Crippen LogP contribution in [0, 0.1) is 0 Å². The minimum absolute atomic E-state index is 0. The van der Waals surface area contributed by atoms with Crippen LogP contribution in [0.1, 0.15) is 80.6 Å². The zero-order valence-corrected chi connectivity index (χ0v) is 26.1. The molecule has 2 aliphatic heterocycles. The number of hydrogen-bond donors (Lipinski definition) is 4. The highest BCUT2D eigenvalue weighted by atomic mass is 35.5. The van der Waals surface area contributed by atoms with E-state index in [0.29, 0.717) is 69.8 Å². The molecular formula is C33H44ClN3O7. The number of aliphatic hydroxyl groups is 2. The molecule has 0 bridgehead atoms. The highest BCUT2D eigenvalue weighted by Crippen LogP contribution is 2.38. The lowest BCUT2D eigenvalue weighted by Crippen LogP contribution is -2.73. The Balaban J connectivity index is 0.00000442. The smallest absolute Gasteiger partial charge is 0.335 e. The Bertz CT molecular complexity index is 1290. The minimum Gasteiger partial charge on any atom is -0.478 e. The summed E-state index contributed by atoms with van der Waals surface area (Å²) < 4.78 is 5.85. The Morgan fingerprint density at radius 2 is 1.57 bits per heavy atom. The summed E-state index contributed by atoms with van der Waals surface area (Å²) in [6.07, 6.45) is 5.24. The average molecular weight is 630 g/mol. The maximum atomic E-state index is 13.8. The highest BCUT2D eigenvalue weighted by molar-refractivity contribution is 6.00. The number of hydrogen-bond acceptors (Lipinski definition) is 7. The number of rotatable bonds is 10. The molecule has 11 heteroatoms. The molecule has 0 radical (unpaired) electrons. The lowest BCUT2D eigenvalue weighted by atomic mass is 9.77. The first-order chi connectivity index (χ1) is 20.6. The lowest BCUT2D eigenvalue weighted by Gasteiger charge is -2.52. The number of ether oxygens (including phenoxy) is 1. The summed E-state index contributed by atoms with van der Waals surface area (Å²) in [5, 5.41) is 33.2. The Kier molecular flexibility index (Phi) is 10.9. The van der Waals surface area contributed by atoms with Crippen LogP contribution < -0.4 is 10.1 Å². The van der Waals surface area contributed by atoms with Gasteiger partial charge in [0, 0.05) is 32.6 Å². The van der Waals surface area contributed by atoms with Gasteiger partial charge >= 0.3 is 5.97 Å². The molecule has 2 heterocycles. The molecule has 1 spiro atoms. The van der Waals surface area contributed by atoms with E-state index in [1.54, 1.807) is 24.0 Å². The summed E-state index contributed by atoms with van der Waals surface area (Å²) in [6.45, 7) is 3.95. The van der Waals surface area contributed by atoms with Crippen LogP contribution in [0.25, 0.3) is 0 Å². The molecule has 3 fully saturated rings. The third-order valence-electron chi connectivity index (χ3n) is 9.30. The van der Waals surface area contributed by atoms with Gasteiger partial charge < -0.3 is 30.3 Å². The van der Waals surface area contributed by atoms with E-state index in [2.05, 4.69) is 10.2 Å². The molecule has 1 aliphatic carbocycles. The summed E-state index contributed by atoms with van der Waals surface area (Å²) in [4.78, 5) is 42.6. The molecule has 240 valence electrons. The number of amides is 2. The van der Waals surface area contributed by atoms with Crippen molar-refractivity contribution in [2.45, 2.75) is 94.5 Å². The lowest BCUT2D eigenvalue weighted by molar-refractivity contribution is -0.164. The van der Waals surface area contributed by atoms with Crippen molar-refractivity contribution in [1.82, 2.24) is 15.1 Å². The van der Waals surface area contributed by atoms with Crippen molar-refractivity contribution < 1.29 is 34.4 Å². The minimum atomic E-state index is -0.985. The first-order valence-corrected chi connectivity index (χ1v) is 15.4. The van der Waals surface area contributed by atoms with Gasteiger partial charge in [-0.3, -0.25) is 14.5 Å². The Morgan fingerprint density at radius 3 is 2.14 bits per heavy atom. The predicted molar refractivity (Wildman–Crippen MR) is 167 cm³/mol. The molecule has 3 aliphatic rings. The van der Waals surface area contributed by atoms with Crippen LogP contribution in [0.5, 0.6) is 11.5 Å². The van der Waals surface area contributed by atoms with Gasteiger partial charge in [0.2, 0.25) is 11.8 Å². The molecule has 2 amide bonds.